The molecule has 0 aliphatic carbocycles. The maximum Gasteiger partial charge on any atom is 0.257 e. The minimum Gasteiger partial charge on any atom is -0.393 e. The normalized spacial score (nSPS) is 28.9. The zero-order valence-electron chi connectivity index (χ0n) is 11.9. The summed E-state index contributed by atoms with van der Waals surface area (Å²) in [4.78, 5) is 6.95. The van der Waals surface area contributed by atoms with Crippen LogP contribution in [0.25, 0.3) is 11.5 Å². The molecule has 1 aromatic heterocycles. The van der Waals surface area contributed by atoms with Crippen molar-refractivity contribution in [1.82, 2.24) is 15.0 Å². The number of hydrogen-bond donors (Lipinski definition) is 1. The Hall–Kier alpha value is -1.72. The van der Waals surface area contributed by atoms with E-state index in [0.29, 0.717) is 18.0 Å². The molecule has 21 heavy (non-hydrogen) atoms. The van der Waals surface area contributed by atoms with Crippen molar-refractivity contribution in [3.8, 4) is 11.5 Å². The Labute approximate surface area is 123 Å². The maximum atomic E-state index is 9.85. The minimum atomic E-state index is -0.135. The summed E-state index contributed by atoms with van der Waals surface area (Å²) in [6.07, 6.45) is 3.96. The Morgan fingerprint density at radius 3 is 2.57 bits per heavy atom. The molecule has 4 rings (SSSR count). The highest BCUT2D eigenvalue weighted by atomic mass is 16.5. The Morgan fingerprint density at radius 2 is 1.86 bits per heavy atom. The molecule has 0 spiro atoms. The van der Waals surface area contributed by atoms with Crippen molar-refractivity contribution in [1.29, 1.82) is 0 Å². The van der Waals surface area contributed by atoms with Crippen LogP contribution in [0.5, 0.6) is 0 Å². The van der Waals surface area contributed by atoms with Gasteiger partial charge in [-0.15, -0.1) is 0 Å². The molecule has 2 fully saturated rings. The zero-order valence-corrected chi connectivity index (χ0v) is 11.9. The monoisotopic (exact) mass is 285 g/mol. The number of piperidine rings is 1. The number of benzene rings is 1. The lowest BCUT2D eigenvalue weighted by atomic mass is 10.00. The second-order valence-corrected chi connectivity index (χ2v) is 6.06. The van der Waals surface area contributed by atoms with E-state index in [9.17, 15) is 5.11 Å². The number of rotatable bonds is 3. The third-order valence-electron chi connectivity index (χ3n) is 4.67. The van der Waals surface area contributed by atoms with Crippen LogP contribution in [0.3, 0.4) is 0 Å². The van der Waals surface area contributed by atoms with E-state index in [1.807, 2.05) is 30.3 Å². The molecule has 2 unspecified atom stereocenters. The van der Waals surface area contributed by atoms with Crippen LogP contribution < -0.4 is 0 Å². The Morgan fingerprint density at radius 1 is 1.14 bits per heavy atom. The average molecular weight is 285 g/mol. The fourth-order valence-corrected chi connectivity index (χ4v) is 3.68. The van der Waals surface area contributed by atoms with Crippen LogP contribution >= 0.6 is 0 Å². The summed E-state index contributed by atoms with van der Waals surface area (Å²) in [5.41, 5.74) is 0.952. The van der Waals surface area contributed by atoms with Gasteiger partial charge in [-0.3, -0.25) is 4.90 Å². The van der Waals surface area contributed by atoms with Crippen LogP contribution in [-0.4, -0.2) is 38.3 Å². The Kier molecular flexibility index (Phi) is 3.24. The summed E-state index contributed by atoms with van der Waals surface area (Å²) in [6.45, 7) is 0.721. The first-order valence-electron chi connectivity index (χ1n) is 7.61. The number of hydrogen-bond acceptors (Lipinski definition) is 5. The molecule has 5 nitrogen and oxygen atoms in total. The summed E-state index contributed by atoms with van der Waals surface area (Å²) in [5, 5.41) is 14.0. The minimum absolute atomic E-state index is 0.135. The molecule has 0 amide bonds. The molecule has 2 saturated heterocycles. The van der Waals surface area contributed by atoms with E-state index in [1.54, 1.807) is 0 Å². The molecular weight excluding hydrogens is 266 g/mol. The van der Waals surface area contributed by atoms with Crippen LogP contribution in [0.4, 0.5) is 0 Å². The highest BCUT2D eigenvalue weighted by Gasteiger charge is 2.40. The topological polar surface area (TPSA) is 62.4 Å². The molecular formula is C16H19N3O2. The van der Waals surface area contributed by atoms with Crippen molar-refractivity contribution in [2.24, 2.45) is 0 Å². The lowest BCUT2D eigenvalue weighted by Crippen LogP contribution is -2.44. The van der Waals surface area contributed by atoms with E-state index in [2.05, 4.69) is 15.0 Å². The summed E-state index contributed by atoms with van der Waals surface area (Å²) >= 11 is 0. The first-order valence-corrected chi connectivity index (χ1v) is 7.61. The molecule has 2 bridgehead atoms. The second-order valence-electron chi connectivity index (χ2n) is 6.06. The molecule has 0 saturated carbocycles. The second kappa shape index (κ2) is 5.24. The van der Waals surface area contributed by atoms with Gasteiger partial charge in [0.1, 0.15) is 0 Å². The Bertz CT molecular complexity index is 599. The fraction of sp³-hybridized carbons (Fsp3) is 0.500. The quantitative estimate of drug-likeness (QED) is 0.937. The number of fused-ring (bicyclic) bond motifs is 2. The van der Waals surface area contributed by atoms with Gasteiger partial charge >= 0.3 is 0 Å². The number of aliphatic hydroxyl groups excluding tert-OH is 1. The maximum absolute atomic E-state index is 9.85. The smallest absolute Gasteiger partial charge is 0.257 e. The van der Waals surface area contributed by atoms with Gasteiger partial charge in [0.15, 0.2) is 5.82 Å². The van der Waals surface area contributed by atoms with Gasteiger partial charge in [0, 0.05) is 17.6 Å². The van der Waals surface area contributed by atoms with Gasteiger partial charge < -0.3 is 9.63 Å². The van der Waals surface area contributed by atoms with Crippen LogP contribution in [0.1, 0.15) is 31.5 Å². The van der Waals surface area contributed by atoms with Crippen molar-refractivity contribution in [3.63, 3.8) is 0 Å². The molecule has 2 aromatic rings. The molecule has 1 aromatic carbocycles. The van der Waals surface area contributed by atoms with Gasteiger partial charge in [-0.2, -0.15) is 4.98 Å². The highest BCUT2D eigenvalue weighted by molar-refractivity contribution is 5.51. The molecule has 3 heterocycles. The predicted octanol–water partition coefficient (Wildman–Crippen LogP) is 2.22. The van der Waals surface area contributed by atoms with E-state index in [1.165, 1.54) is 12.8 Å². The lowest BCUT2D eigenvalue weighted by Gasteiger charge is -2.36. The zero-order chi connectivity index (χ0) is 14.2. The third kappa shape index (κ3) is 2.47. The third-order valence-corrected chi connectivity index (χ3v) is 4.67. The van der Waals surface area contributed by atoms with E-state index >= 15 is 0 Å². The SMILES string of the molecule is OC1CC2CCC(C1)N2Cc1noc(-c2ccccc2)n1. The largest absolute Gasteiger partial charge is 0.393 e. The standard InChI is InChI=1S/C16H19N3O2/c20-14-8-12-6-7-13(9-14)19(12)10-15-17-16(21-18-15)11-4-2-1-3-5-11/h1-5,12-14,20H,6-10H2. The van der Waals surface area contributed by atoms with E-state index in [0.717, 1.165) is 30.8 Å². The first kappa shape index (κ1) is 13.0. The molecule has 2 aliphatic rings. The van der Waals surface area contributed by atoms with Crippen molar-refractivity contribution in [2.75, 3.05) is 0 Å². The van der Waals surface area contributed by atoms with Gasteiger partial charge in [-0.1, -0.05) is 23.4 Å². The molecule has 5 heteroatoms. The molecule has 110 valence electrons. The van der Waals surface area contributed by atoms with Gasteiger partial charge in [-0.25, -0.2) is 0 Å². The van der Waals surface area contributed by atoms with Crippen LogP contribution in [0, 0.1) is 0 Å². The summed E-state index contributed by atoms with van der Waals surface area (Å²) in [7, 11) is 0. The van der Waals surface area contributed by atoms with E-state index in [4.69, 9.17) is 4.52 Å². The molecule has 1 N–H and O–H groups in total. The predicted molar refractivity (Wildman–Crippen MR) is 77.3 cm³/mol. The van der Waals surface area contributed by atoms with Gasteiger partial charge in [0.2, 0.25) is 0 Å². The van der Waals surface area contributed by atoms with Gasteiger partial charge in [0.25, 0.3) is 5.89 Å². The summed E-state index contributed by atoms with van der Waals surface area (Å²) in [6, 6.07) is 10.8. The first-order chi connectivity index (χ1) is 10.3. The van der Waals surface area contributed by atoms with Crippen molar-refractivity contribution >= 4 is 0 Å². The van der Waals surface area contributed by atoms with Gasteiger partial charge in [0.05, 0.1) is 12.6 Å². The summed E-state index contributed by atoms with van der Waals surface area (Å²) < 4.78 is 5.37. The number of aliphatic hydroxyl groups is 1. The average Bonchev–Trinajstić information content (AvgIpc) is 3.05. The number of aromatic nitrogens is 2. The van der Waals surface area contributed by atoms with Crippen LogP contribution in [0.15, 0.2) is 34.9 Å². The lowest BCUT2D eigenvalue weighted by molar-refractivity contribution is 0.0293. The summed E-state index contributed by atoms with van der Waals surface area (Å²) in [5.74, 6) is 1.32. The fourth-order valence-electron chi connectivity index (χ4n) is 3.68. The van der Waals surface area contributed by atoms with Crippen molar-refractivity contribution in [3.05, 3.63) is 36.2 Å². The van der Waals surface area contributed by atoms with Gasteiger partial charge in [-0.05, 0) is 37.8 Å². The van der Waals surface area contributed by atoms with Crippen molar-refractivity contribution in [2.45, 2.75) is 50.4 Å². The van der Waals surface area contributed by atoms with Crippen LogP contribution in [0.2, 0.25) is 0 Å². The van der Waals surface area contributed by atoms with Crippen LogP contribution in [-0.2, 0) is 6.54 Å². The van der Waals surface area contributed by atoms with E-state index in [-0.39, 0.29) is 6.10 Å². The number of nitrogens with zero attached hydrogens (tertiary/aromatic N) is 3. The molecule has 0 radical (unpaired) electrons. The Balaban J connectivity index is 1.50. The van der Waals surface area contributed by atoms with E-state index < -0.39 is 0 Å². The van der Waals surface area contributed by atoms with Crippen molar-refractivity contribution < 1.29 is 9.63 Å². The highest BCUT2D eigenvalue weighted by Crippen LogP contribution is 2.36. The molecule has 2 atom stereocenters. The molecule has 2 aliphatic heterocycles.